The minimum atomic E-state index is 0.169. The molecule has 1 saturated carbocycles. The molecule has 1 aromatic rings. The molecule has 1 aromatic carbocycles. The summed E-state index contributed by atoms with van der Waals surface area (Å²) in [4.78, 5) is 11.8. The van der Waals surface area contributed by atoms with Gasteiger partial charge in [-0.2, -0.15) is 5.26 Å². The average Bonchev–Trinajstić information content (AvgIpc) is 2.92. The van der Waals surface area contributed by atoms with E-state index in [0.29, 0.717) is 12.2 Å². The van der Waals surface area contributed by atoms with E-state index in [1.165, 1.54) is 12.8 Å². The number of carbonyl (C=O) groups excluding carboxylic acids is 1. The van der Waals surface area contributed by atoms with Gasteiger partial charge in [-0.15, -0.1) is 0 Å². The van der Waals surface area contributed by atoms with E-state index in [2.05, 4.69) is 6.07 Å². The summed E-state index contributed by atoms with van der Waals surface area (Å²) in [6, 6.07) is 9.44. The summed E-state index contributed by atoms with van der Waals surface area (Å²) in [5.74, 6) is 1.12. The standard InChI is InChI=1S/C15H17NO2/c16-10-9-12-5-7-14(8-6-12)18-11-15(17)13-3-1-2-4-13/h5-8,13H,1-4,9,11H2. The quantitative estimate of drug-likeness (QED) is 0.799. The van der Waals surface area contributed by atoms with Crippen LogP contribution in [-0.2, 0) is 11.2 Å². The number of nitrogens with zero attached hydrogens (tertiary/aromatic N) is 1. The van der Waals surface area contributed by atoms with Crippen LogP contribution in [0.1, 0.15) is 31.2 Å². The number of benzene rings is 1. The number of nitriles is 1. The topological polar surface area (TPSA) is 50.1 Å². The number of ether oxygens (including phenoxy) is 1. The zero-order valence-electron chi connectivity index (χ0n) is 10.4. The van der Waals surface area contributed by atoms with Crippen LogP contribution in [0.5, 0.6) is 5.75 Å². The fraction of sp³-hybridized carbons (Fsp3) is 0.467. The Bertz CT molecular complexity index is 439. The van der Waals surface area contributed by atoms with Gasteiger partial charge in [0.2, 0.25) is 0 Å². The number of rotatable bonds is 5. The molecule has 1 aliphatic carbocycles. The minimum absolute atomic E-state index is 0.169. The number of ketones is 1. The lowest BCUT2D eigenvalue weighted by atomic mass is 10.0. The second kappa shape index (κ2) is 6.20. The van der Waals surface area contributed by atoms with Gasteiger partial charge in [-0.3, -0.25) is 4.79 Å². The summed E-state index contributed by atoms with van der Waals surface area (Å²) in [5, 5.41) is 8.56. The van der Waals surface area contributed by atoms with Gasteiger partial charge < -0.3 is 4.74 Å². The highest BCUT2D eigenvalue weighted by Crippen LogP contribution is 2.25. The van der Waals surface area contributed by atoms with Gasteiger partial charge in [0.05, 0.1) is 12.5 Å². The third kappa shape index (κ3) is 3.33. The maximum Gasteiger partial charge on any atom is 0.173 e. The predicted octanol–water partition coefficient (Wildman–Crippen LogP) is 2.89. The highest BCUT2D eigenvalue weighted by atomic mass is 16.5. The van der Waals surface area contributed by atoms with E-state index >= 15 is 0 Å². The largest absolute Gasteiger partial charge is 0.486 e. The van der Waals surface area contributed by atoms with Crippen LogP contribution in [0.2, 0.25) is 0 Å². The van der Waals surface area contributed by atoms with E-state index < -0.39 is 0 Å². The molecule has 0 N–H and O–H groups in total. The van der Waals surface area contributed by atoms with Crippen molar-refractivity contribution in [3.8, 4) is 11.8 Å². The molecular formula is C15H17NO2. The fourth-order valence-electron chi connectivity index (χ4n) is 2.31. The molecule has 0 unspecified atom stereocenters. The molecule has 0 bridgehead atoms. The molecule has 0 spiro atoms. The third-order valence-corrected chi connectivity index (χ3v) is 3.40. The number of hydrogen-bond acceptors (Lipinski definition) is 3. The maximum absolute atomic E-state index is 11.8. The molecule has 0 atom stereocenters. The van der Waals surface area contributed by atoms with Gasteiger partial charge in [0.1, 0.15) is 12.4 Å². The van der Waals surface area contributed by atoms with Crippen molar-refractivity contribution in [2.75, 3.05) is 6.61 Å². The maximum atomic E-state index is 11.8. The first-order valence-corrected chi connectivity index (χ1v) is 6.41. The van der Waals surface area contributed by atoms with Crippen LogP contribution in [-0.4, -0.2) is 12.4 Å². The van der Waals surface area contributed by atoms with E-state index in [0.717, 1.165) is 18.4 Å². The predicted molar refractivity (Wildman–Crippen MR) is 68.2 cm³/mol. The van der Waals surface area contributed by atoms with Gasteiger partial charge in [-0.25, -0.2) is 0 Å². The van der Waals surface area contributed by atoms with Crippen LogP contribution < -0.4 is 4.74 Å². The van der Waals surface area contributed by atoms with Crippen LogP contribution in [0.4, 0.5) is 0 Å². The molecule has 1 fully saturated rings. The van der Waals surface area contributed by atoms with Crippen LogP contribution in [0.25, 0.3) is 0 Å². The van der Waals surface area contributed by atoms with Crippen molar-refractivity contribution >= 4 is 5.78 Å². The van der Waals surface area contributed by atoms with Crippen molar-refractivity contribution in [1.29, 1.82) is 5.26 Å². The molecule has 1 aliphatic rings. The molecule has 0 aromatic heterocycles. The summed E-state index contributed by atoms with van der Waals surface area (Å²) in [6.45, 7) is 0.169. The van der Waals surface area contributed by atoms with Crippen molar-refractivity contribution in [2.24, 2.45) is 5.92 Å². The lowest BCUT2D eigenvalue weighted by molar-refractivity contribution is -0.124. The van der Waals surface area contributed by atoms with Crippen molar-refractivity contribution in [1.82, 2.24) is 0 Å². The minimum Gasteiger partial charge on any atom is -0.486 e. The molecule has 94 valence electrons. The number of carbonyl (C=O) groups is 1. The molecule has 0 amide bonds. The summed E-state index contributed by atoms with van der Waals surface area (Å²) in [6.07, 6.45) is 4.77. The molecule has 0 saturated heterocycles. The number of hydrogen-bond donors (Lipinski definition) is 0. The van der Waals surface area contributed by atoms with E-state index in [9.17, 15) is 4.79 Å². The summed E-state index contributed by atoms with van der Waals surface area (Å²) < 4.78 is 5.48. The van der Waals surface area contributed by atoms with Gasteiger partial charge in [-0.1, -0.05) is 25.0 Å². The molecule has 0 aliphatic heterocycles. The Morgan fingerprint density at radius 2 is 1.94 bits per heavy atom. The second-order valence-corrected chi connectivity index (χ2v) is 4.72. The van der Waals surface area contributed by atoms with Crippen LogP contribution >= 0.6 is 0 Å². The highest BCUT2D eigenvalue weighted by molar-refractivity contribution is 5.82. The summed E-state index contributed by atoms with van der Waals surface area (Å²) >= 11 is 0. The summed E-state index contributed by atoms with van der Waals surface area (Å²) in [5.41, 5.74) is 0.965. The lowest BCUT2D eigenvalue weighted by Crippen LogP contribution is -2.19. The zero-order chi connectivity index (χ0) is 12.8. The van der Waals surface area contributed by atoms with E-state index in [1.54, 1.807) is 0 Å². The van der Waals surface area contributed by atoms with E-state index in [4.69, 9.17) is 10.00 Å². The smallest absolute Gasteiger partial charge is 0.173 e. The Morgan fingerprint density at radius 1 is 1.28 bits per heavy atom. The van der Waals surface area contributed by atoms with E-state index in [1.807, 2.05) is 24.3 Å². The molecule has 3 heteroatoms. The molecule has 2 rings (SSSR count). The third-order valence-electron chi connectivity index (χ3n) is 3.40. The van der Waals surface area contributed by atoms with Crippen LogP contribution in [0, 0.1) is 17.2 Å². The first kappa shape index (κ1) is 12.6. The monoisotopic (exact) mass is 243 g/mol. The Labute approximate surface area is 107 Å². The molecule has 0 radical (unpaired) electrons. The number of Topliss-reactive ketones (excluding diaryl/α,β-unsaturated/α-hetero) is 1. The first-order chi connectivity index (χ1) is 8.79. The molecular weight excluding hydrogens is 226 g/mol. The Balaban J connectivity index is 1.82. The van der Waals surface area contributed by atoms with Crippen molar-refractivity contribution in [3.63, 3.8) is 0 Å². The molecule has 0 heterocycles. The Morgan fingerprint density at radius 3 is 2.56 bits per heavy atom. The van der Waals surface area contributed by atoms with Gasteiger partial charge in [0.15, 0.2) is 5.78 Å². The van der Waals surface area contributed by atoms with Crippen molar-refractivity contribution in [2.45, 2.75) is 32.1 Å². The van der Waals surface area contributed by atoms with Crippen LogP contribution in [0.15, 0.2) is 24.3 Å². The van der Waals surface area contributed by atoms with Gasteiger partial charge in [0, 0.05) is 5.92 Å². The van der Waals surface area contributed by atoms with Crippen molar-refractivity contribution in [3.05, 3.63) is 29.8 Å². The van der Waals surface area contributed by atoms with E-state index in [-0.39, 0.29) is 18.3 Å². The zero-order valence-corrected chi connectivity index (χ0v) is 10.4. The molecule has 18 heavy (non-hydrogen) atoms. The highest BCUT2D eigenvalue weighted by Gasteiger charge is 2.22. The second-order valence-electron chi connectivity index (χ2n) is 4.72. The average molecular weight is 243 g/mol. The molecule has 3 nitrogen and oxygen atoms in total. The van der Waals surface area contributed by atoms with Gasteiger partial charge in [0.25, 0.3) is 0 Å². The van der Waals surface area contributed by atoms with Crippen LogP contribution in [0.3, 0.4) is 0 Å². The lowest BCUT2D eigenvalue weighted by Gasteiger charge is -2.09. The Hall–Kier alpha value is -1.82. The normalized spacial score (nSPS) is 15.3. The SMILES string of the molecule is N#CCc1ccc(OCC(=O)C2CCCC2)cc1. The fourth-order valence-corrected chi connectivity index (χ4v) is 2.31. The summed E-state index contributed by atoms with van der Waals surface area (Å²) in [7, 11) is 0. The van der Waals surface area contributed by atoms with Gasteiger partial charge >= 0.3 is 0 Å². The van der Waals surface area contributed by atoms with Gasteiger partial charge in [-0.05, 0) is 30.5 Å². The Kier molecular flexibility index (Phi) is 4.35. The van der Waals surface area contributed by atoms with Crippen molar-refractivity contribution < 1.29 is 9.53 Å². The first-order valence-electron chi connectivity index (χ1n) is 6.41.